The molecule has 3 N–H and O–H groups in total. The lowest BCUT2D eigenvalue weighted by Gasteiger charge is -2.24. The first kappa shape index (κ1) is 18.5. The first-order valence-electron chi connectivity index (χ1n) is 9.16. The maximum Gasteiger partial charge on any atom is 0.352 e. The summed E-state index contributed by atoms with van der Waals surface area (Å²) >= 11 is 0. The smallest absolute Gasteiger partial charge is 0.352 e. The average molecular weight is 388 g/mol. The number of nitrogens with zero attached hydrogens (tertiary/aromatic N) is 2. The second-order valence-corrected chi connectivity index (χ2v) is 7.05. The number of anilines is 2. The monoisotopic (exact) mass is 388 g/mol. The van der Waals surface area contributed by atoms with E-state index in [2.05, 4.69) is 15.7 Å². The molecule has 0 aliphatic carbocycles. The number of aryl methyl sites for hydroxylation is 2. The second-order valence-electron chi connectivity index (χ2n) is 7.05. The van der Waals surface area contributed by atoms with Crippen LogP contribution in [0.3, 0.4) is 0 Å². The van der Waals surface area contributed by atoms with E-state index in [1.165, 1.54) is 6.20 Å². The van der Waals surface area contributed by atoms with Gasteiger partial charge in [0.1, 0.15) is 17.1 Å². The molecule has 0 fully saturated rings. The zero-order valence-electron chi connectivity index (χ0n) is 16.0. The molecule has 0 bridgehead atoms. The summed E-state index contributed by atoms with van der Waals surface area (Å²) in [6.07, 6.45) is 3.04. The number of fused-ring (bicyclic) bond motifs is 1. The Balaban J connectivity index is 1.71. The van der Waals surface area contributed by atoms with Gasteiger partial charge in [-0.2, -0.15) is 5.10 Å². The lowest BCUT2D eigenvalue weighted by Crippen LogP contribution is -2.25. The van der Waals surface area contributed by atoms with Crippen molar-refractivity contribution in [3.05, 3.63) is 88.8 Å². The third-order valence-electron chi connectivity index (χ3n) is 4.73. The second kappa shape index (κ2) is 7.27. The molecule has 0 saturated heterocycles. The number of hydrogen-bond acceptors (Lipinski definition) is 4. The van der Waals surface area contributed by atoms with E-state index in [4.69, 9.17) is 0 Å². The minimum atomic E-state index is -1.10. The summed E-state index contributed by atoms with van der Waals surface area (Å²) in [6.45, 7) is 3.92. The number of carbonyl (C=O) groups is 2. The molecule has 1 aromatic heterocycles. The number of carboxylic acids is 1. The van der Waals surface area contributed by atoms with Gasteiger partial charge in [-0.3, -0.25) is 4.79 Å². The van der Waals surface area contributed by atoms with Crippen LogP contribution in [0.1, 0.15) is 33.1 Å². The zero-order chi connectivity index (χ0) is 20.5. The molecule has 0 saturated carbocycles. The number of carboxylic acid groups (broad SMARTS) is 1. The van der Waals surface area contributed by atoms with E-state index in [-0.39, 0.29) is 17.2 Å². The summed E-state index contributed by atoms with van der Waals surface area (Å²) in [6, 6.07) is 14.8. The van der Waals surface area contributed by atoms with Gasteiger partial charge < -0.3 is 15.7 Å². The Labute approximate surface area is 167 Å². The fourth-order valence-electron chi connectivity index (χ4n) is 3.52. The van der Waals surface area contributed by atoms with Crippen molar-refractivity contribution >= 4 is 23.4 Å². The molecule has 29 heavy (non-hydrogen) atoms. The van der Waals surface area contributed by atoms with Gasteiger partial charge in [0, 0.05) is 5.69 Å². The highest BCUT2D eigenvalue weighted by Crippen LogP contribution is 2.32. The molecule has 0 radical (unpaired) electrons. The summed E-state index contributed by atoms with van der Waals surface area (Å²) in [5.74, 6) is -1.11. The van der Waals surface area contributed by atoms with Gasteiger partial charge in [0.15, 0.2) is 0 Å². The topological polar surface area (TPSA) is 96.3 Å². The molecule has 1 amide bonds. The molecule has 2 heterocycles. The van der Waals surface area contributed by atoms with Crippen molar-refractivity contribution in [1.29, 1.82) is 0 Å². The largest absolute Gasteiger partial charge is 0.477 e. The highest BCUT2D eigenvalue weighted by atomic mass is 16.4. The van der Waals surface area contributed by atoms with Gasteiger partial charge in [0.25, 0.3) is 5.91 Å². The van der Waals surface area contributed by atoms with E-state index < -0.39 is 12.0 Å². The Kier molecular flexibility index (Phi) is 4.64. The summed E-state index contributed by atoms with van der Waals surface area (Å²) in [7, 11) is 0. The quantitative estimate of drug-likeness (QED) is 0.633. The fourth-order valence-corrected chi connectivity index (χ4v) is 3.52. The van der Waals surface area contributed by atoms with E-state index in [0.29, 0.717) is 11.5 Å². The van der Waals surface area contributed by atoms with Gasteiger partial charge in [0.2, 0.25) is 0 Å². The third kappa shape index (κ3) is 3.62. The minimum Gasteiger partial charge on any atom is -0.477 e. The van der Waals surface area contributed by atoms with Crippen LogP contribution in [0.2, 0.25) is 0 Å². The van der Waals surface area contributed by atoms with Crippen molar-refractivity contribution in [2.24, 2.45) is 0 Å². The molecule has 1 aliphatic rings. The molecule has 0 spiro atoms. The fraction of sp³-hybridized carbons (Fsp3) is 0.136. The molecule has 7 nitrogen and oxygen atoms in total. The number of aliphatic carboxylic acids is 1. The highest BCUT2D eigenvalue weighted by molar-refractivity contribution is 6.08. The molecule has 146 valence electrons. The summed E-state index contributed by atoms with van der Waals surface area (Å²) in [4.78, 5) is 24.6. The van der Waals surface area contributed by atoms with E-state index >= 15 is 0 Å². The number of hydrogen-bond donors (Lipinski definition) is 3. The highest BCUT2D eigenvalue weighted by Gasteiger charge is 2.29. The number of benzene rings is 2. The van der Waals surface area contributed by atoms with Gasteiger partial charge in [-0.15, -0.1) is 0 Å². The molecule has 4 rings (SSSR count). The molecule has 2 aromatic carbocycles. The van der Waals surface area contributed by atoms with Crippen LogP contribution in [0.25, 0.3) is 0 Å². The Bertz CT molecular complexity index is 1110. The lowest BCUT2D eigenvalue weighted by atomic mass is 10.0. The molecular weight excluding hydrogens is 368 g/mol. The number of allylic oxidation sites excluding steroid dienone is 1. The van der Waals surface area contributed by atoms with Crippen LogP contribution >= 0.6 is 0 Å². The van der Waals surface area contributed by atoms with Gasteiger partial charge in [-0.05, 0) is 48.7 Å². The average Bonchev–Trinajstić information content (AvgIpc) is 3.11. The molecule has 3 aromatic rings. The van der Waals surface area contributed by atoms with Crippen LogP contribution in [0.5, 0.6) is 0 Å². The van der Waals surface area contributed by atoms with Crippen molar-refractivity contribution in [2.45, 2.75) is 19.9 Å². The number of amides is 1. The van der Waals surface area contributed by atoms with Crippen molar-refractivity contribution in [2.75, 3.05) is 10.6 Å². The van der Waals surface area contributed by atoms with Crippen LogP contribution in [0.15, 0.2) is 66.5 Å². The van der Waals surface area contributed by atoms with Gasteiger partial charge in [0.05, 0.1) is 12.2 Å². The lowest BCUT2D eigenvalue weighted by molar-refractivity contribution is -0.132. The number of nitrogens with one attached hydrogen (secondary N) is 2. The molecular formula is C22H20N4O3. The molecule has 1 aliphatic heterocycles. The maximum absolute atomic E-state index is 12.9. The first-order valence-corrected chi connectivity index (χ1v) is 9.16. The van der Waals surface area contributed by atoms with Crippen LogP contribution in [-0.2, 0) is 4.79 Å². The Hall–Kier alpha value is -3.87. The third-order valence-corrected chi connectivity index (χ3v) is 4.73. The maximum atomic E-state index is 12.9. The SMILES string of the molecule is Cc1cc(C)cc(NC(=O)c2cnn3c2NC(C(=O)O)=CC3c2ccccc2)c1. The van der Waals surface area contributed by atoms with E-state index in [1.54, 1.807) is 10.8 Å². The Morgan fingerprint density at radius 2 is 1.79 bits per heavy atom. The van der Waals surface area contributed by atoms with E-state index in [0.717, 1.165) is 16.7 Å². The normalized spacial score (nSPS) is 15.1. The van der Waals surface area contributed by atoms with Crippen molar-refractivity contribution in [1.82, 2.24) is 9.78 Å². The van der Waals surface area contributed by atoms with Crippen LogP contribution in [0.4, 0.5) is 11.5 Å². The van der Waals surface area contributed by atoms with Crippen molar-refractivity contribution < 1.29 is 14.7 Å². The predicted octanol–water partition coefficient (Wildman–Crippen LogP) is 3.74. The Morgan fingerprint density at radius 3 is 2.45 bits per heavy atom. The van der Waals surface area contributed by atoms with Crippen LogP contribution in [0, 0.1) is 13.8 Å². The Morgan fingerprint density at radius 1 is 1.10 bits per heavy atom. The molecule has 7 heteroatoms. The van der Waals surface area contributed by atoms with Gasteiger partial charge in [-0.25, -0.2) is 9.48 Å². The van der Waals surface area contributed by atoms with Crippen LogP contribution in [-0.4, -0.2) is 26.8 Å². The number of aromatic nitrogens is 2. The summed E-state index contributed by atoms with van der Waals surface area (Å²) in [5, 5.41) is 19.6. The van der Waals surface area contributed by atoms with Crippen molar-refractivity contribution in [3.8, 4) is 0 Å². The van der Waals surface area contributed by atoms with Crippen LogP contribution < -0.4 is 10.6 Å². The zero-order valence-corrected chi connectivity index (χ0v) is 16.0. The van der Waals surface area contributed by atoms with Gasteiger partial charge in [-0.1, -0.05) is 36.4 Å². The predicted molar refractivity (Wildman–Crippen MR) is 110 cm³/mol. The molecule has 1 unspecified atom stereocenters. The van der Waals surface area contributed by atoms with Gasteiger partial charge >= 0.3 is 5.97 Å². The van der Waals surface area contributed by atoms with E-state index in [9.17, 15) is 14.7 Å². The summed E-state index contributed by atoms with van der Waals surface area (Å²) < 4.78 is 1.62. The number of carbonyl (C=O) groups excluding carboxylic acids is 1. The number of rotatable bonds is 4. The van der Waals surface area contributed by atoms with Crippen molar-refractivity contribution in [3.63, 3.8) is 0 Å². The summed E-state index contributed by atoms with van der Waals surface area (Å²) in [5.41, 5.74) is 3.91. The molecule has 1 atom stereocenters. The standard InChI is InChI=1S/C22H20N4O3/c1-13-8-14(2)10-16(9-13)24-21(27)17-12-23-26-19(15-6-4-3-5-7-15)11-18(22(28)29)25-20(17)26/h3-12,19,25H,1-2H3,(H,24,27)(H,28,29). The van der Waals surface area contributed by atoms with E-state index in [1.807, 2.05) is 62.4 Å². The minimum absolute atomic E-state index is 0.00676. The first-order chi connectivity index (χ1) is 13.9.